The van der Waals surface area contributed by atoms with E-state index in [9.17, 15) is 9.59 Å². The molecule has 3 heterocycles. The summed E-state index contributed by atoms with van der Waals surface area (Å²) < 4.78 is 5.48. The Bertz CT molecular complexity index is 725. The summed E-state index contributed by atoms with van der Waals surface area (Å²) in [5.74, 6) is 1.53. The Morgan fingerprint density at radius 2 is 1.83 bits per heavy atom. The molecule has 35 heavy (non-hydrogen) atoms. The minimum Gasteiger partial charge on any atom is -0.381 e. The van der Waals surface area contributed by atoms with Crippen molar-refractivity contribution in [2.24, 2.45) is 17.8 Å². The molecule has 0 radical (unpaired) electrons. The van der Waals surface area contributed by atoms with E-state index in [4.69, 9.17) is 9.57 Å². The van der Waals surface area contributed by atoms with E-state index in [1.165, 1.54) is 6.42 Å². The first kappa shape index (κ1) is 25.4. The van der Waals surface area contributed by atoms with Gasteiger partial charge in [-0.1, -0.05) is 12.8 Å². The van der Waals surface area contributed by atoms with Gasteiger partial charge in [0.2, 0.25) is 11.8 Å². The molecule has 0 bridgehead atoms. The fourth-order valence-electron chi connectivity index (χ4n) is 6.84. The molecule has 0 aromatic rings. The number of carbonyl (C=O) groups excluding carboxylic acids is 2. The second-order valence-corrected chi connectivity index (χ2v) is 11.2. The van der Waals surface area contributed by atoms with Crippen LogP contribution in [0, 0.1) is 17.8 Å². The van der Waals surface area contributed by atoms with Crippen molar-refractivity contribution in [3.8, 4) is 0 Å². The highest BCUT2D eigenvalue weighted by Gasteiger charge is 2.41. The fraction of sp³-hybridized carbons (Fsp3) is 0.920. The van der Waals surface area contributed by atoms with Gasteiger partial charge < -0.3 is 9.64 Å². The molecular weight excluding hydrogens is 448 g/mol. The Hall–Kier alpha value is -1.30. The van der Waals surface area contributed by atoms with Crippen molar-refractivity contribution < 1.29 is 19.2 Å². The first-order valence-corrected chi connectivity index (χ1v) is 13.9. The topological polar surface area (TPSA) is 107 Å². The standard InChI is InChI=1S/C25H44N6O4/c1-34-18-8-6-17(7-9-18)24-26-22(35-29-24)10-11-23(32)31-14-12-30(13-15-31)16-21-19-4-2-3-5-20(19)25(33)28-27-21/h17-22,24,26-27,29H,2-16H2,1H3,(H,28,33). The molecule has 5 aliphatic rings. The lowest BCUT2D eigenvalue weighted by molar-refractivity contribution is -0.136. The minimum absolute atomic E-state index is 0.110. The number of ether oxygens (including phenoxy) is 1. The van der Waals surface area contributed by atoms with E-state index in [1.807, 2.05) is 4.90 Å². The third-order valence-corrected chi connectivity index (χ3v) is 9.08. The smallest absolute Gasteiger partial charge is 0.237 e. The number of methoxy groups -OCH3 is 1. The lowest BCUT2D eigenvalue weighted by Crippen LogP contribution is -2.63. The number of hydrogen-bond donors (Lipinski definition) is 4. The second kappa shape index (κ2) is 11.8. The molecule has 4 N–H and O–H groups in total. The van der Waals surface area contributed by atoms with E-state index >= 15 is 0 Å². The molecule has 0 aromatic heterocycles. The van der Waals surface area contributed by atoms with Crippen LogP contribution in [0.15, 0.2) is 0 Å². The zero-order valence-electron chi connectivity index (χ0n) is 21.2. The van der Waals surface area contributed by atoms with Crippen molar-refractivity contribution in [2.75, 3.05) is 39.8 Å². The lowest BCUT2D eigenvalue weighted by Gasteiger charge is -2.44. The summed E-state index contributed by atoms with van der Waals surface area (Å²) in [7, 11) is 1.80. The van der Waals surface area contributed by atoms with Gasteiger partial charge >= 0.3 is 0 Å². The average molecular weight is 493 g/mol. The maximum atomic E-state index is 12.9. The molecule has 2 saturated carbocycles. The SMILES string of the molecule is COC1CCC(C2NOC(CCC(=O)N3CCN(CC4NNC(=O)C5CCCCC45)CC3)N2)CC1. The number of rotatable bonds is 7. The molecule has 10 nitrogen and oxygen atoms in total. The number of nitrogens with one attached hydrogen (secondary N) is 4. The van der Waals surface area contributed by atoms with Gasteiger partial charge in [0.05, 0.1) is 12.3 Å². The zero-order valence-corrected chi connectivity index (χ0v) is 21.2. The zero-order chi connectivity index (χ0) is 24.2. The highest BCUT2D eigenvalue weighted by atomic mass is 16.7. The third-order valence-electron chi connectivity index (χ3n) is 9.08. The van der Waals surface area contributed by atoms with Gasteiger partial charge in [-0.3, -0.25) is 30.1 Å². The van der Waals surface area contributed by atoms with Crippen LogP contribution < -0.4 is 21.6 Å². The highest BCUT2D eigenvalue weighted by Crippen LogP contribution is 2.34. The van der Waals surface area contributed by atoms with Crippen LogP contribution in [0.1, 0.15) is 64.2 Å². The number of nitrogens with zero attached hydrogens (tertiary/aromatic N) is 2. The van der Waals surface area contributed by atoms with Gasteiger partial charge in [-0.05, 0) is 56.8 Å². The number of hydrazine groups is 1. The van der Waals surface area contributed by atoms with Crippen LogP contribution in [0.3, 0.4) is 0 Å². The van der Waals surface area contributed by atoms with Crippen LogP contribution in [-0.4, -0.2) is 86.0 Å². The summed E-state index contributed by atoms with van der Waals surface area (Å²) in [6.07, 6.45) is 10.6. The monoisotopic (exact) mass is 492 g/mol. The molecule has 3 aliphatic heterocycles. The van der Waals surface area contributed by atoms with Crippen LogP contribution in [-0.2, 0) is 19.2 Å². The largest absolute Gasteiger partial charge is 0.381 e. The van der Waals surface area contributed by atoms with E-state index in [-0.39, 0.29) is 30.1 Å². The molecular formula is C25H44N6O4. The van der Waals surface area contributed by atoms with Crippen molar-refractivity contribution in [1.29, 1.82) is 0 Å². The molecule has 0 aromatic carbocycles. The number of amides is 2. The van der Waals surface area contributed by atoms with E-state index in [0.717, 1.165) is 77.7 Å². The Labute approximate surface area is 209 Å². The van der Waals surface area contributed by atoms with E-state index in [0.29, 0.717) is 36.8 Å². The summed E-state index contributed by atoms with van der Waals surface area (Å²) in [5.41, 5.74) is 9.35. The number of fused-ring (bicyclic) bond motifs is 1. The molecule has 2 amide bonds. The Kier molecular flexibility index (Phi) is 8.57. The Balaban J connectivity index is 0.996. The van der Waals surface area contributed by atoms with Crippen LogP contribution in [0.5, 0.6) is 0 Å². The number of carbonyl (C=O) groups is 2. The predicted octanol–water partition coefficient (Wildman–Crippen LogP) is 0.702. The minimum atomic E-state index is -0.110. The first-order valence-electron chi connectivity index (χ1n) is 13.9. The van der Waals surface area contributed by atoms with Gasteiger partial charge in [-0.15, -0.1) is 0 Å². The summed E-state index contributed by atoms with van der Waals surface area (Å²) in [5, 5.41) is 3.54. The molecule has 0 spiro atoms. The van der Waals surface area contributed by atoms with Crippen LogP contribution in [0.2, 0.25) is 0 Å². The highest BCUT2D eigenvalue weighted by molar-refractivity contribution is 5.79. The molecule has 5 fully saturated rings. The Morgan fingerprint density at radius 3 is 2.60 bits per heavy atom. The summed E-state index contributed by atoms with van der Waals surface area (Å²) in [4.78, 5) is 35.3. The number of hydroxylamine groups is 1. The van der Waals surface area contributed by atoms with Crippen molar-refractivity contribution in [1.82, 2.24) is 31.4 Å². The summed E-state index contributed by atoms with van der Waals surface area (Å²) in [6.45, 7) is 4.26. The van der Waals surface area contributed by atoms with Crippen molar-refractivity contribution >= 4 is 11.8 Å². The van der Waals surface area contributed by atoms with Crippen molar-refractivity contribution in [3.63, 3.8) is 0 Å². The molecule has 5 atom stereocenters. The molecule has 198 valence electrons. The van der Waals surface area contributed by atoms with Gasteiger partial charge in [-0.2, -0.15) is 5.48 Å². The van der Waals surface area contributed by atoms with Crippen LogP contribution in [0.4, 0.5) is 0 Å². The van der Waals surface area contributed by atoms with E-state index < -0.39 is 0 Å². The third kappa shape index (κ3) is 6.17. The van der Waals surface area contributed by atoms with E-state index in [1.54, 1.807) is 7.11 Å². The first-order chi connectivity index (χ1) is 17.1. The Morgan fingerprint density at radius 1 is 1.06 bits per heavy atom. The molecule has 10 heteroatoms. The second-order valence-electron chi connectivity index (χ2n) is 11.2. The van der Waals surface area contributed by atoms with Gasteiger partial charge in [0.1, 0.15) is 6.23 Å². The lowest BCUT2D eigenvalue weighted by atomic mass is 9.73. The number of hydrogen-bond acceptors (Lipinski definition) is 8. The normalized spacial score (nSPS) is 38.7. The molecule has 3 saturated heterocycles. The molecule has 5 rings (SSSR count). The predicted molar refractivity (Wildman–Crippen MR) is 130 cm³/mol. The quantitative estimate of drug-likeness (QED) is 0.412. The average Bonchev–Trinajstić information content (AvgIpc) is 3.39. The van der Waals surface area contributed by atoms with Gasteiger partial charge in [-0.25, -0.2) is 5.43 Å². The summed E-state index contributed by atoms with van der Waals surface area (Å²) in [6, 6.07) is 0.302. The molecule has 5 unspecified atom stereocenters. The van der Waals surface area contributed by atoms with Gasteiger partial charge in [0.15, 0.2) is 0 Å². The fourth-order valence-corrected chi connectivity index (χ4v) is 6.84. The van der Waals surface area contributed by atoms with Gasteiger partial charge in [0.25, 0.3) is 0 Å². The number of piperazine rings is 1. The van der Waals surface area contributed by atoms with Crippen LogP contribution >= 0.6 is 0 Å². The van der Waals surface area contributed by atoms with Crippen LogP contribution in [0.25, 0.3) is 0 Å². The summed E-state index contributed by atoms with van der Waals surface area (Å²) >= 11 is 0. The van der Waals surface area contributed by atoms with Crippen molar-refractivity contribution in [2.45, 2.75) is 88.7 Å². The van der Waals surface area contributed by atoms with Crippen molar-refractivity contribution in [3.05, 3.63) is 0 Å². The maximum absolute atomic E-state index is 12.9. The van der Waals surface area contributed by atoms with Gasteiger partial charge in [0, 0.05) is 58.2 Å². The molecule has 2 aliphatic carbocycles. The van der Waals surface area contributed by atoms with E-state index in [2.05, 4.69) is 26.5 Å². The maximum Gasteiger partial charge on any atom is 0.237 e.